The van der Waals surface area contributed by atoms with E-state index in [9.17, 15) is 12.8 Å². The zero-order chi connectivity index (χ0) is 21.4. The number of nitrogens with zero attached hydrogens (tertiary/aromatic N) is 3. The van der Waals surface area contributed by atoms with Crippen LogP contribution in [0.2, 0.25) is 0 Å². The van der Waals surface area contributed by atoms with Gasteiger partial charge >= 0.3 is 0 Å². The monoisotopic (exact) mass is 568 g/mol. The van der Waals surface area contributed by atoms with E-state index >= 15 is 0 Å². The summed E-state index contributed by atoms with van der Waals surface area (Å²) in [6.45, 7) is 5.74. The molecule has 0 radical (unpaired) electrons. The van der Waals surface area contributed by atoms with Crippen molar-refractivity contribution in [2.45, 2.75) is 31.0 Å². The fourth-order valence-corrected chi connectivity index (χ4v) is 5.96. The number of halogens is 2. The van der Waals surface area contributed by atoms with Gasteiger partial charge in [-0.1, -0.05) is 26.0 Å². The molecule has 2 rings (SSSR count). The first-order valence-electron chi connectivity index (χ1n) is 9.56. The Bertz CT molecular complexity index is 930. The van der Waals surface area contributed by atoms with Crippen molar-refractivity contribution in [3.8, 4) is 0 Å². The Morgan fingerprint density at radius 2 is 1.90 bits per heavy atom. The summed E-state index contributed by atoms with van der Waals surface area (Å²) in [4.78, 5) is 7.17. The zero-order valence-corrected chi connectivity index (χ0v) is 21.7. The van der Waals surface area contributed by atoms with Gasteiger partial charge in [-0.3, -0.25) is 4.99 Å². The molecule has 0 saturated heterocycles. The largest absolute Gasteiger partial charge is 0.356 e. The van der Waals surface area contributed by atoms with Gasteiger partial charge in [0.2, 0.25) is 0 Å². The molecular formula is C20H30FIN4O2S2. The van der Waals surface area contributed by atoms with Gasteiger partial charge in [-0.05, 0) is 36.2 Å². The second-order valence-corrected chi connectivity index (χ2v) is 9.85. The summed E-state index contributed by atoms with van der Waals surface area (Å²) < 4.78 is 40.4. The van der Waals surface area contributed by atoms with Crippen molar-refractivity contribution in [3.05, 3.63) is 52.7 Å². The van der Waals surface area contributed by atoms with Crippen LogP contribution in [0.3, 0.4) is 0 Å². The maximum Gasteiger partial charge on any atom is 0.252 e. The Morgan fingerprint density at radius 1 is 1.20 bits per heavy atom. The number of rotatable bonds is 9. The van der Waals surface area contributed by atoms with E-state index in [2.05, 4.69) is 10.3 Å². The summed E-state index contributed by atoms with van der Waals surface area (Å²) in [6.07, 6.45) is 0.686. The second kappa shape index (κ2) is 12.6. The highest BCUT2D eigenvalue weighted by atomic mass is 127. The van der Waals surface area contributed by atoms with E-state index in [0.29, 0.717) is 42.8 Å². The fourth-order valence-electron chi connectivity index (χ4n) is 2.99. The van der Waals surface area contributed by atoms with Crippen molar-refractivity contribution < 1.29 is 12.8 Å². The maximum atomic E-state index is 13.4. The number of benzene rings is 1. The Balaban J connectivity index is 0.00000450. The van der Waals surface area contributed by atoms with Gasteiger partial charge < -0.3 is 10.2 Å². The molecule has 30 heavy (non-hydrogen) atoms. The Hall–Kier alpha value is -1.24. The standard InChI is InChI=1S/C20H29FN4O2S2.HI/c1-5-25(6-2)29(26,27)19-11-10-18(28-19)12-13-23-20(22-3)24(4)15-16-8-7-9-17(21)14-16;/h7-11,14H,5-6,12-13,15H2,1-4H3,(H,22,23);1H. The van der Waals surface area contributed by atoms with Gasteiger partial charge in [0.25, 0.3) is 10.0 Å². The van der Waals surface area contributed by atoms with E-state index in [-0.39, 0.29) is 29.8 Å². The second-order valence-electron chi connectivity index (χ2n) is 6.52. The average molecular weight is 569 g/mol. The Kier molecular flexibility index (Phi) is 11.2. The van der Waals surface area contributed by atoms with Crippen molar-refractivity contribution in [3.63, 3.8) is 0 Å². The molecule has 0 amide bonds. The first-order valence-corrected chi connectivity index (χ1v) is 11.8. The highest BCUT2D eigenvalue weighted by Crippen LogP contribution is 2.25. The molecule has 0 atom stereocenters. The molecule has 168 valence electrons. The highest BCUT2D eigenvalue weighted by molar-refractivity contribution is 14.0. The lowest BCUT2D eigenvalue weighted by molar-refractivity contribution is 0.447. The molecule has 1 aromatic carbocycles. The average Bonchev–Trinajstić information content (AvgIpc) is 3.16. The fraction of sp³-hybridized carbons (Fsp3) is 0.450. The molecule has 0 spiro atoms. The van der Waals surface area contributed by atoms with Crippen LogP contribution in [0.25, 0.3) is 0 Å². The molecule has 0 aliphatic carbocycles. The number of thiophene rings is 1. The third-order valence-corrected chi connectivity index (χ3v) is 8.14. The van der Waals surface area contributed by atoms with Crippen LogP contribution >= 0.6 is 35.3 Å². The molecule has 0 unspecified atom stereocenters. The molecule has 1 N–H and O–H groups in total. The van der Waals surface area contributed by atoms with Crippen molar-refractivity contribution in [2.24, 2.45) is 4.99 Å². The predicted octanol–water partition coefficient (Wildman–Crippen LogP) is 3.79. The first-order chi connectivity index (χ1) is 13.8. The van der Waals surface area contributed by atoms with E-state index in [1.165, 1.54) is 27.8 Å². The molecule has 2 aromatic rings. The van der Waals surface area contributed by atoms with Gasteiger partial charge in [-0.2, -0.15) is 4.31 Å². The quantitative estimate of drug-likeness (QED) is 0.284. The number of guanidine groups is 1. The topological polar surface area (TPSA) is 65.0 Å². The first kappa shape index (κ1) is 26.8. The van der Waals surface area contributed by atoms with Crippen LogP contribution in [0.4, 0.5) is 4.39 Å². The van der Waals surface area contributed by atoms with Gasteiger partial charge in [0.05, 0.1) is 0 Å². The third-order valence-electron chi connectivity index (χ3n) is 4.47. The lowest BCUT2D eigenvalue weighted by Crippen LogP contribution is -2.39. The van der Waals surface area contributed by atoms with Crippen LogP contribution in [0.1, 0.15) is 24.3 Å². The molecule has 1 aromatic heterocycles. The molecule has 10 heteroatoms. The third kappa shape index (κ3) is 7.17. The van der Waals surface area contributed by atoms with Crippen LogP contribution in [0, 0.1) is 5.82 Å². The normalized spacial score (nSPS) is 12.0. The van der Waals surface area contributed by atoms with Gasteiger partial charge in [0, 0.05) is 45.2 Å². The van der Waals surface area contributed by atoms with E-state index in [1.807, 2.05) is 37.9 Å². The number of hydrogen-bond acceptors (Lipinski definition) is 4. The van der Waals surface area contributed by atoms with Gasteiger partial charge in [-0.25, -0.2) is 12.8 Å². The van der Waals surface area contributed by atoms with E-state index in [0.717, 1.165) is 10.4 Å². The van der Waals surface area contributed by atoms with E-state index < -0.39 is 10.0 Å². The zero-order valence-electron chi connectivity index (χ0n) is 17.8. The molecular weight excluding hydrogens is 538 g/mol. The van der Waals surface area contributed by atoms with Crippen molar-refractivity contribution in [1.82, 2.24) is 14.5 Å². The molecule has 0 fully saturated rings. The highest BCUT2D eigenvalue weighted by Gasteiger charge is 2.23. The van der Waals surface area contributed by atoms with Crippen molar-refractivity contribution in [1.29, 1.82) is 0 Å². The molecule has 0 bridgehead atoms. The number of aliphatic imine (C=N–C) groups is 1. The van der Waals surface area contributed by atoms with Gasteiger partial charge in [-0.15, -0.1) is 35.3 Å². The molecule has 0 aliphatic heterocycles. The Labute approximate surface area is 200 Å². The summed E-state index contributed by atoms with van der Waals surface area (Å²) in [6, 6.07) is 10.0. The lowest BCUT2D eigenvalue weighted by Gasteiger charge is -2.22. The SMILES string of the molecule is CCN(CC)S(=O)(=O)c1ccc(CCNC(=NC)N(C)Cc2cccc(F)c2)s1.I. The van der Waals surface area contributed by atoms with Crippen LogP contribution in [0.5, 0.6) is 0 Å². The molecule has 0 aliphatic rings. The summed E-state index contributed by atoms with van der Waals surface area (Å²) in [5.74, 6) is 0.439. The Morgan fingerprint density at radius 3 is 2.50 bits per heavy atom. The van der Waals surface area contributed by atoms with Gasteiger partial charge in [0.1, 0.15) is 10.0 Å². The van der Waals surface area contributed by atoms with Crippen LogP contribution in [0.15, 0.2) is 45.6 Å². The predicted molar refractivity (Wildman–Crippen MR) is 133 cm³/mol. The minimum Gasteiger partial charge on any atom is -0.356 e. The number of sulfonamides is 1. The number of hydrogen-bond donors (Lipinski definition) is 1. The molecule has 0 saturated carbocycles. The van der Waals surface area contributed by atoms with E-state index in [1.54, 1.807) is 19.2 Å². The van der Waals surface area contributed by atoms with Gasteiger partial charge in [0.15, 0.2) is 5.96 Å². The van der Waals surface area contributed by atoms with Crippen molar-refractivity contribution >= 4 is 51.3 Å². The minimum absolute atomic E-state index is 0. The summed E-state index contributed by atoms with van der Waals surface area (Å²) in [5, 5.41) is 3.27. The summed E-state index contributed by atoms with van der Waals surface area (Å²) in [7, 11) is 0.179. The smallest absolute Gasteiger partial charge is 0.252 e. The minimum atomic E-state index is -3.41. The molecule has 1 heterocycles. The summed E-state index contributed by atoms with van der Waals surface area (Å²) in [5.41, 5.74) is 0.861. The van der Waals surface area contributed by atoms with Crippen LogP contribution in [-0.4, -0.2) is 57.3 Å². The molecule has 6 nitrogen and oxygen atoms in total. The maximum absolute atomic E-state index is 13.4. The number of nitrogens with one attached hydrogen (secondary N) is 1. The van der Waals surface area contributed by atoms with Crippen molar-refractivity contribution in [2.75, 3.05) is 33.7 Å². The lowest BCUT2D eigenvalue weighted by atomic mass is 10.2. The van der Waals surface area contributed by atoms with Crippen LogP contribution < -0.4 is 5.32 Å². The summed E-state index contributed by atoms with van der Waals surface area (Å²) >= 11 is 1.31. The van der Waals surface area contributed by atoms with E-state index in [4.69, 9.17) is 0 Å². The van der Waals surface area contributed by atoms with Crippen LogP contribution in [-0.2, 0) is 23.0 Å².